The quantitative estimate of drug-likeness (QED) is 0.775. The van der Waals surface area contributed by atoms with Crippen molar-refractivity contribution in [2.24, 2.45) is 0 Å². The van der Waals surface area contributed by atoms with Crippen molar-refractivity contribution in [3.05, 3.63) is 58.8 Å². The molecule has 0 unspecified atom stereocenters. The number of benzene rings is 1. The summed E-state index contributed by atoms with van der Waals surface area (Å²) in [6.45, 7) is 3.95. The normalized spacial score (nSPS) is 10.2. The van der Waals surface area contributed by atoms with Gasteiger partial charge >= 0.3 is 0 Å². The Hall–Kier alpha value is -2.16. The molecule has 1 heterocycles. The number of ketones is 1. The van der Waals surface area contributed by atoms with E-state index in [2.05, 4.69) is 4.98 Å². The Morgan fingerprint density at radius 3 is 2.39 bits per heavy atom. The Bertz CT molecular complexity index is 571. The van der Waals surface area contributed by atoms with Crippen LogP contribution >= 0.6 is 0 Å². The number of methoxy groups -OCH3 is 1. The molecule has 2 aromatic rings. The zero-order chi connectivity index (χ0) is 13.1. The molecule has 2 rings (SSSR count). The molecule has 0 aliphatic heterocycles. The highest BCUT2D eigenvalue weighted by Crippen LogP contribution is 2.15. The number of nitrogens with zero attached hydrogens (tertiary/aromatic N) is 1. The molecular weight excluding hydrogens is 226 g/mol. The lowest BCUT2D eigenvalue weighted by Gasteiger charge is -2.05. The van der Waals surface area contributed by atoms with Gasteiger partial charge in [-0.05, 0) is 32.0 Å². The molecule has 3 heteroatoms. The summed E-state index contributed by atoms with van der Waals surface area (Å²) in [5, 5.41) is 0. The Morgan fingerprint density at radius 2 is 1.78 bits per heavy atom. The number of pyridine rings is 1. The van der Waals surface area contributed by atoms with E-state index in [1.54, 1.807) is 18.2 Å². The van der Waals surface area contributed by atoms with Gasteiger partial charge in [0, 0.05) is 11.6 Å². The third kappa shape index (κ3) is 2.56. The molecule has 0 radical (unpaired) electrons. The Balaban J connectivity index is 2.41. The highest BCUT2D eigenvalue weighted by Gasteiger charge is 2.12. The molecule has 0 aliphatic rings. The second-order valence-corrected chi connectivity index (χ2v) is 4.27. The van der Waals surface area contributed by atoms with E-state index < -0.39 is 0 Å². The monoisotopic (exact) mass is 241 g/mol. The minimum Gasteiger partial charge on any atom is -0.481 e. The first-order valence-corrected chi connectivity index (χ1v) is 5.74. The maximum Gasteiger partial charge on any atom is 0.213 e. The third-order valence-electron chi connectivity index (χ3n) is 2.65. The summed E-state index contributed by atoms with van der Waals surface area (Å²) in [6, 6.07) is 11.0. The van der Waals surface area contributed by atoms with E-state index in [1.165, 1.54) is 7.11 Å². The number of hydrogen-bond acceptors (Lipinski definition) is 3. The summed E-state index contributed by atoms with van der Waals surface area (Å²) in [4.78, 5) is 16.5. The first-order valence-electron chi connectivity index (χ1n) is 5.74. The summed E-state index contributed by atoms with van der Waals surface area (Å²) in [6.07, 6.45) is 0. The molecule has 0 atom stereocenters. The van der Waals surface area contributed by atoms with Gasteiger partial charge in [0.05, 0.1) is 7.11 Å². The van der Waals surface area contributed by atoms with E-state index in [1.807, 2.05) is 32.0 Å². The SMILES string of the molecule is COc1cccc(C(=O)c2cc(C)cc(C)c2)n1. The molecule has 18 heavy (non-hydrogen) atoms. The van der Waals surface area contributed by atoms with Gasteiger partial charge in [-0.15, -0.1) is 0 Å². The van der Waals surface area contributed by atoms with Gasteiger partial charge in [0.15, 0.2) is 0 Å². The van der Waals surface area contributed by atoms with Gasteiger partial charge < -0.3 is 4.74 Å². The van der Waals surface area contributed by atoms with Crippen LogP contribution in [-0.2, 0) is 0 Å². The number of rotatable bonds is 3. The second-order valence-electron chi connectivity index (χ2n) is 4.27. The lowest BCUT2D eigenvalue weighted by molar-refractivity contribution is 0.103. The maximum absolute atomic E-state index is 12.3. The molecule has 0 aliphatic carbocycles. The van der Waals surface area contributed by atoms with Crippen molar-refractivity contribution in [2.75, 3.05) is 7.11 Å². The van der Waals surface area contributed by atoms with E-state index >= 15 is 0 Å². The zero-order valence-electron chi connectivity index (χ0n) is 10.7. The minimum absolute atomic E-state index is 0.0827. The smallest absolute Gasteiger partial charge is 0.213 e. The Labute approximate surface area is 106 Å². The standard InChI is InChI=1S/C15H15NO2/c1-10-7-11(2)9-12(8-10)15(17)13-5-4-6-14(16-13)18-3/h4-9H,1-3H3. The van der Waals surface area contributed by atoms with Crippen LogP contribution in [0, 0.1) is 13.8 Å². The fourth-order valence-electron chi connectivity index (χ4n) is 1.91. The topological polar surface area (TPSA) is 39.2 Å². The van der Waals surface area contributed by atoms with Gasteiger partial charge in [-0.2, -0.15) is 0 Å². The highest BCUT2D eigenvalue weighted by atomic mass is 16.5. The predicted octanol–water partition coefficient (Wildman–Crippen LogP) is 2.94. The van der Waals surface area contributed by atoms with E-state index in [-0.39, 0.29) is 5.78 Å². The molecule has 92 valence electrons. The average Bonchev–Trinajstić information content (AvgIpc) is 2.37. The van der Waals surface area contributed by atoms with Crippen LogP contribution in [0.2, 0.25) is 0 Å². The fraction of sp³-hybridized carbons (Fsp3) is 0.200. The van der Waals surface area contributed by atoms with Gasteiger partial charge in [0.1, 0.15) is 5.69 Å². The number of aryl methyl sites for hydroxylation is 2. The number of ether oxygens (including phenoxy) is 1. The van der Waals surface area contributed by atoms with Gasteiger partial charge in [0.2, 0.25) is 11.7 Å². The molecule has 0 saturated heterocycles. The molecule has 1 aromatic carbocycles. The van der Waals surface area contributed by atoms with E-state index in [4.69, 9.17) is 4.74 Å². The predicted molar refractivity (Wildman–Crippen MR) is 70.1 cm³/mol. The van der Waals surface area contributed by atoms with Crippen LogP contribution in [0.1, 0.15) is 27.2 Å². The lowest BCUT2D eigenvalue weighted by Crippen LogP contribution is -2.05. The Kier molecular flexibility index (Phi) is 3.42. The van der Waals surface area contributed by atoms with Crippen molar-refractivity contribution in [3.63, 3.8) is 0 Å². The summed E-state index contributed by atoms with van der Waals surface area (Å²) in [5.74, 6) is 0.367. The maximum atomic E-state index is 12.3. The van der Waals surface area contributed by atoms with Crippen molar-refractivity contribution < 1.29 is 9.53 Å². The number of hydrogen-bond donors (Lipinski definition) is 0. The number of carbonyl (C=O) groups excluding carboxylic acids is 1. The van der Waals surface area contributed by atoms with E-state index in [0.29, 0.717) is 17.1 Å². The van der Waals surface area contributed by atoms with Crippen molar-refractivity contribution in [3.8, 4) is 5.88 Å². The molecule has 1 aromatic heterocycles. The summed E-state index contributed by atoms with van der Waals surface area (Å²) < 4.78 is 5.02. The minimum atomic E-state index is -0.0827. The van der Waals surface area contributed by atoms with Crippen LogP contribution in [0.5, 0.6) is 5.88 Å². The van der Waals surface area contributed by atoms with Crippen LogP contribution in [0.25, 0.3) is 0 Å². The van der Waals surface area contributed by atoms with Crippen LogP contribution in [0.15, 0.2) is 36.4 Å². The van der Waals surface area contributed by atoms with Crippen molar-refractivity contribution in [1.29, 1.82) is 0 Å². The number of carbonyl (C=O) groups is 1. The lowest BCUT2D eigenvalue weighted by atomic mass is 10.0. The van der Waals surface area contributed by atoms with Crippen molar-refractivity contribution in [1.82, 2.24) is 4.98 Å². The van der Waals surface area contributed by atoms with Crippen molar-refractivity contribution >= 4 is 5.78 Å². The summed E-state index contributed by atoms with van der Waals surface area (Å²) >= 11 is 0. The Morgan fingerprint density at radius 1 is 1.11 bits per heavy atom. The largest absolute Gasteiger partial charge is 0.481 e. The summed E-state index contributed by atoms with van der Waals surface area (Å²) in [5.41, 5.74) is 3.20. The summed E-state index contributed by atoms with van der Waals surface area (Å²) in [7, 11) is 1.54. The van der Waals surface area contributed by atoms with Gasteiger partial charge in [-0.25, -0.2) is 4.98 Å². The third-order valence-corrected chi connectivity index (χ3v) is 2.65. The molecule has 0 amide bonds. The molecule has 0 spiro atoms. The van der Waals surface area contributed by atoms with E-state index in [9.17, 15) is 4.79 Å². The first kappa shape index (κ1) is 12.3. The fourth-order valence-corrected chi connectivity index (χ4v) is 1.91. The highest BCUT2D eigenvalue weighted by molar-refractivity contribution is 6.07. The van der Waals surface area contributed by atoms with Gasteiger partial charge in [0.25, 0.3) is 0 Å². The van der Waals surface area contributed by atoms with E-state index in [0.717, 1.165) is 11.1 Å². The number of aromatic nitrogens is 1. The second kappa shape index (κ2) is 5.00. The van der Waals surface area contributed by atoms with Gasteiger partial charge in [-0.1, -0.05) is 23.3 Å². The van der Waals surface area contributed by atoms with Crippen LogP contribution in [0.4, 0.5) is 0 Å². The molecule has 3 nitrogen and oxygen atoms in total. The van der Waals surface area contributed by atoms with Crippen molar-refractivity contribution in [2.45, 2.75) is 13.8 Å². The van der Waals surface area contributed by atoms with Crippen LogP contribution in [0.3, 0.4) is 0 Å². The van der Waals surface area contributed by atoms with Crippen LogP contribution in [-0.4, -0.2) is 17.9 Å². The molecular formula is C15H15NO2. The van der Waals surface area contributed by atoms with Gasteiger partial charge in [-0.3, -0.25) is 4.79 Å². The molecule has 0 saturated carbocycles. The zero-order valence-corrected chi connectivity index (χ0v) is 10.7. The van der Waals surface area contributed by atoms with Crippen LogP contribution < -0.4 is 4.74 Å². The molecule has 0 bridgehead atoms. The first-order chi connectivity index (χ1) is 8.60. The molecule has 0 fully saturated rings. The average molecular weight is 241 g/mol. The molecule has 0 N–H and O–H groups in total.